The van der Waals surface area contributed by atoms with Crippen LogP contribution in [0.3, 0.4) is 0 Å². The number of benzene rings is 1. The van der Waals surface area contributed by atoms with E-state index in [0.717, 1.165) is 40.7 Å². The summed E-state index contributed by atoms with van der Waals surface area (Å²) in [6.07, 6.45) is 12.9. The highest BCUT2D eigenvalue weighted by molar-refractivity contribution is 5.70. The van der Waals surface area contributed by atoms with Gasteiger partial charge in [-0.25, -0.2) is 14.8 Å². The Hall–Kier alpha value is -4.01. The van der Waals surface area contributed by atoms with Crippen molar-refractivity contribution in [2.75, 3.05) is 6.54 Å². The molecule has 1 atom stereocenters. The number of nitrogens with zero attached hydrogens (tertiary/aromatic N) is 7. The van der Waals surface area contributed by atoms with Crippen LogP contribution in [0.4, 0.5) is 4.79 Å². The number of aryl methyl sites for hydroxylation is 1. The second-order valence-electron chi connectivity index (χ2n) is 10.2. The second kappa shape index (κ2) is 9.56. The van der Waals surface area contributed by atoms with Crippen LogP contribution in [0.2, 0.25) is 0 Å². The molecule has 0 aliphatic carbocycles. The van der Waals surface area contributed by atoms with Crippen LogP contribution >= 0.6 is 0 Å². The fourth-order valence-electron chi connectivity index (χ4n) is 4.45. The molecular weight excluding hydrogens is 454 g/mol. The number of hydrogen-bond donors (Lipinski definition) is 0. The van der Waals surface area contributed by atoms with Crippen LogP contribution in [0.15, 0.2) is 61.4 Å². The highest BCUT2D eigenvalue weighted by Crippen LogP contribution is 2.26. The van der Waals surface area contributed by atoms with E-state index in [2.05, 4.69) is 32.3 Å². The van der Waals surface area contributed by atoms with Gasteiger partial charge in [0.2, 0.25) is 0 Å². The van der Waals surface area contributed by atoms with Crippen LogP contribution in [0, 0.1) is 0 Å². The summed E-state index contributed by atoms with van der Waals surface area (Å²) in [6.45, 7) is 7.01. The molecule has 1 aliphatic heterocycles. The van der Waals surface area contributed by atoms with Gasteiger partial charge in [0.1, 0.15) is 5.60 Å². The van der Waals surface area contributed by atoms with Crippen molar-refractivity contribution in [3.05, 3.63) is 61.4 Å². The zero-order valence-corrected chi connectivity index (χ0v) is 21.1. The zero-order valence-electron chi connectivity index (χ0n) is 21.1. The number of likely N-dealkylation sites (tertiary alicyclic amines) is 1. The average Bonchev–Trinajstić information content (AvgIpc) is 3.60. The number of rotatable bonds is 5. The first-order valence-electron chi connectivity index (χ1n) is 12.2. The van der Waals surface area contributed by atoms with E-state index in [1.807, 2.05) is 86.7 Å². The molecular formula is C27H31N7O2. The van der Waals surface area contributed by atoms with Gasteiger partial charge in [0.25, 0.3) is 0 Å². The minimum Gasteiger partial charge on any atom is -0.444 e. The molecule has 1 aliphatic rings. The van der Waals surface area contributed by atoms with Crippen molar-refractivity contribution in [1.29, 1.82) is 0 Å². The summed E-state index contributed by atoms with van der Waals surface area (Å²) >= 11 is 0. The van der Waals surface area contributed by atoms with Gasteiger partial charge in [-0.15, -0.1) is 0 Å². The Morgan fingerprint density at radius 1 is 0.972 bits per heavy atom. The standard InChI is InChI=1S/C27H31N7O2/c1-27(2,3)36-26(35)34-10-6-9-24(34)18-33-17-23(15-31-33)21-12-28-25(29-13-21)20-8-5-7-19(11-20)22-14-30-32(4)16-22/h5,7-8,11-17,24H,6,9-10,18H2,1-4H3. The third kappa shape index (κ3) is 5.30. The molecule has 186 valence electrons. The van der Waals surface area contributed by atoms with E-state index in [9.17, 15) is 4.79 Å². The van der Waals surface area contributed by atoms with Gasteiger partial charge in [-0.05, 0) is 45.2 Å². The Morgan fingerprint density at radius 2 is 1.69 bits per heavy atom. The van der Waals surface area contributed by atoms with Gasteiger partial charge in [-0.3, -0.25) is 9.36 Å². The summed E-state index contributed by atoms with van der Waals surface area (Å²) in [5.74, 6) is 0.663. The number of carbonyl (C=O) groups is 1. The molecule has 9 nitrogen and oxygen atoms in total. The molecule has 5 rings (SSSR count). The number of amides is 1. The molecule has 1 unspecified atom stereocenters. The van der Waals surface area contributed by atoms with Crippen molar-refractivity contribution >= 4 is 6.09 Å². The van der Waals surface area contributed by atoms with E-state index in [1.165, 1.54) is 0 Å². The third-order valence-corrected chi connectivity index (χ3v) is 6.18. The maximum Gasteiger partial charge on any atom is 0.410 e. The van der Waals surface area contributed by atoms with Gasteiger partial charge in [-0.2, -0.15) is 10.2 Å². The smallest absolute Gasteiger partial charge is 0.410 e. The lowest BCUT2D eigenvalue weighted by molar-refractivity contribution is 0.0211. The van der Waals surface area contributed by atoms with E-state index in [-0.39, 0.29) is 12.1 Å². The largest absolute Gasteiger partial charge is 0.444 e. The van der Waals surface area contributed by atoms with Crippen LogP contribution < -0.4 is 0 Å². The predicted molar refractivity (Wildman–Crippen MR) is 137 cm³/mol. The normalized spacial score (nSPS) is 15.9. The monoisotopic (exact) mass is 485 g/mol. The van der Waals surface area contributed by atoms with Crippen LogP contribution in [0.1, 0.15) is 33.6 Å². The van der Waals surface area contributed by atoms with Crippen molar-refractivity contribution in [2.24, 2.45) is 7.05 Å². The molecule has 4 aromatic rings. The number of hydrogen-bond acceptors (Lipinski definition) is 6. The lowest BCUT2D eigenvalue weighted by atomic mass is 10.1. The topological polar surface area (TPSA) is 91.0 Å². The minimum absolute atomic E-state index is 0.0679. The number of aromatic nitrogens is 6. The molecule has 0 saturated carbocycles. The van der Waals surface area contributed by atoms with Gasteiger partial charge in [0.05, 0.1) is 25.0 Å². The molecule has 9 heteroatoms. The lowest BCUT2D eigenvalue weighted by Gasteiger charge is -2.28. The molecule has 0 bridgehead atoms. The van der Waals surface area contributed by atoms with Crippen molar-refractivity contribution in [3.63, 3.8) is 0 Å². The first-order valence-corrected chi connectivity index (χ1v) is 12.2. The third-order valence-electron chi connectivity index (χ3n) is 6.18. The molecule has 4 heterocycles. The quantitative estimate of drug-likeness (QED) is 0.403. The Bertz CT molecular complexity index is 1350. The zero-order chi connectivity index (χ0) is 25.3. The maximum absolute atomic E-state index is 12.6. The first kappa shape index (κ1) is 23.7. The van der Waals surface area contributed by atoms with E-state index < -0.39 is 5.60 Å². The number of ether oxygens (including phenoxy) is 1. The molecule has 1 fully saturated rings. The average molecular weight is 486 g/mol. The van der Waals surface area contributed by atoms with Gasteiger partial charge in [0.15, 0.2) is 5.82 Å². The molecule has 36 heavy (non-hydrogen) atoms. The fourth-order valence-corrected chi connectivity index (χ4v) is 4.45. The first-order chi connectivity index (χ1) is 17.2. The Labute approximate surface area is 210 Å². The molecule has 0 N–H and O–H groups in total. The summed E-state index contributed by atoms with van der Waals surface area (Å²) in [6, 6.07) is 8.20. The van der Waals surface area contributed by atoms with Crippen LogP contribution in [-0.2, 0) is 18.3 Å². The van der Waals surface area contributed by atoms with Gasteiger partial charge >= 0.3 is 6.09 Å². The molecule has 1 saturated heterocycles. The summed E-state index contributed by atoms with van der Waals surface area (Å²) < 4.78 is 9.25. The van der Waals surface area contributed by atoms with Crippen LogP contribution in [0.5, 0.6) is 0 Å². The molecule has 1 amide bonds. The van der Waals surface area contributed by atoms with Gasteiger partial charge < -0.3 is 9.64 Å². The molecule has 0 radical (unpaired) electrons. The van der Waals surface area contributed by atoms with E-state index >= 15 is 0 Å². The van der Waals surface area contributed by atoms with Crippen molar-refractivity contribution in [2.45, 2.75) is 51.8 Å². The van der Waals surface area contributed by atoms with Crippen LogP contribution in [0.25, 0.3) is 33.6 Å². The fraction of sp³-hybridized carbons (Fsp3) is 0.370. The Balaban J connectivity index is 1.27. The highest BCUT2D eigenvalue weighted by atomic mass is 16.6. The Kier molecular flexibility index (Phi) is 6.30. The SMILES string of the molecule is Cn1cc(-c2cccc(-c3ncc(-c4cnn(CC5CCCN5C(=O)OC(C)(C)C)c4)cn3)c2)cn1. The summed E-state index contributed by atoms with van der Waals surface area (Å²) in [4.78, 5) is 23.6. The highest BCUT2D eigenvalue weighted by Gasteiger charge is 2.32. The maximum atomic E-state index is 12.6. The number of carbonyl (C=O) groups excluding carboxylic acids is 1. The van der Waals surface area contributed by atoms with E-state index in [0.29, 0.717) is 18.9 Å². The van der Waals surface area contributed by atoms with Crippen molar-refractivity contribution in [1.82, 2.24) is 34.4 Å². The van der Waals surface area contributed by atoms with E-state index in [1.54, 1.807) is 4.68 Å². The second-order valence-corrected chi connectivity index (χ2v) is 10.2. The molecule has 3 aromatic heterocycles. The molecule has 0 spiro atoms. The molecule has 1 aromatic carbocycles. The summed E-state index contributed by atoms with van der Waals surface area (Å²) in [5, 5.41) is 8.78. The lowest BCUT2D eigenvalue weighted by Crippen LogP contribution is -2.41. The van der Waals surface area contributed by atoms with Crippen LogP contribution in [-0.4, -0.2) is 58.7 Å². The van der Waals surface area contributed by atoms with Gasteiger partial charge in [0, 0.05) is 60.6 Å². The Morgan fingerprint density at radius 3 is 2.42 bits per heavy atom. The van der Waals surface area contributed by atoms with E-state index in [4.69, 9.17) is 4.74 Å². The van der Waals surface area contributed by atoms with Crippen molar-refractivity contribution < 1.29 is 9.53 Å². The summed E-state index contributed by atoms with van der Waals surface area (Å²) in [5.41, 5.74) is 4.39. The van der Waals surface area contributed by atoms with Gasteiger partial charge in [-0.1, -0.05) is 18.2 Å². The van der Waals surface area contributed by atoms with Crippen molar-refractivity contribution in [3.8, 4) is 33.6 Å². The minimum atomic E-state index is -0.505. The predicted octanol–water partition coefficient (Wildman–Crippen LogP) is 4.81. The summed E-state index contributed by atoms with van der Waals surface area (Å²) in [7, 11) is 1.90.